The van der Waals surface area contributed by atoms with Crippen molar-refractivity contribution in [3.05, 3.63) is 64.7 Å². The maximum atomic E-state index is 11.3. The van der Waals surface area contributed by atoms with Gasteiger partial charge in [-0.25, -0.2) is 0 Å². The highest BCUT2D eigenvalue weighted by Gasteiger charge is 2.19. The third-order valence-electron chi connectivity index (χ3n) is 2.90. The first-order chi connectivity index (χ1) is 9.58. The minimum absolute atomic E-state index is 0.0355. The highest BCUT2D eigenvalue weighted by atomic mass is 35.5. The first-order valence-electron chi connectivity index (χ1n) is 6.06. The van der Waals surface area contributed by atoms with Crippen molar-refractivity contribution in [2.24, 2.45) is 0 Å². The fourth-order valence-electron chi connectivity index (χ4n) is 1.91. The summed E-state index contributed by atoms with van der Waals surface area (Å²) in [6.45, 7) is 0.326. The number of carboxylic acids is 1. The fourth-order valence-corrected chi connectivity index (χ4v) is 2.11. The molecule has 2 aromatic rings. The van der Waals surface area contributed by atoms with Crippen molar-refractivity contribution in [1.82, 2.24) is 5.32 Å². The lowest BCUT2D eigenvalue weighted by molar-refractivity contribution is -0.139. The molecule has 0 aromatic heterocycles. The van der Waals surface area contributed by atoms with Gasteiger partial charge in [0.1, 0.15) is 11.8 Å². The van der Waals surface area contributed by atoms with Crippen LogP contribution in [0.25, 0.3) is 0 Å². The molecule has 0 bridgehead atoms. The Bertz CT molecular complexity index is 616. The second kappa shape index (κ2) is 6.41. The summed E-state index contributed by atoms with van der Waals surface area (Å²) in [5, 5.41) is 22.2. The zero-order valence-electron chi connectivity index (χ0n) is 10.6. The number of aliphatic carboxylic acids is 1. The molecule has 104 valence electrons. The molecule has 0 aliphatic rings. The Morgan fingerprint density at radius 1 is 1.20 bits per heavy atom. The molecule has 0 aliphatic carbocycles. The molecular weight excluding hydrogens is 278 g/mol. The summed E-state index contributed by atoms with van der Waals surface area (Å²) in [7, 11) is 0. The molecule has 0 heterocycles. The lowest BCUT2D eigenvalue weighted by atomic mass is 10.1. The van der Waals surface area contributed by atoms with E-state index in [1.165, 1.54) is 12.1 Å². The summed E-state index contributed by atoms with van der Waals surface area (Å²) in [5.41, 5.74) is 1.31. The van der Waals surface area contributed by atoms with E-state index < -0.39 is 12.0 Å². The quantitative estimate of drug-likeness (QED) is 0.792. The molecule has 4 nitrogen and oxygen atoms in total. The number of halogens is 1. The number of aromatic hydroxyl groups is 1. The maximum Gasteiger partial charge on any atom is 0.325 e. The van der Waals surface area contributed by atoms with Crippen molar-refractivity contribution in [2.45, 2.75) is 12.6 Å². The van der Waals surface area contributed by atoms with Gasteiger partial charge in [-0.15, -0.1) is 0 Å². The topological polar surface area (TPSA) is 69.6 Å². The molecular formula is C15H14ClNO3. The number of carbonyl (C=O) groups is 1. The number of hydrogen-bond donors (Lipinski definition) is 3. The molecule has 2 rings (SSSR count). The molecule has 20 heavy (non-hydrogen) atoms. The van der Waals surface area contributed by atoms with Crippen molar-refractivity contribution >= 4 is 17.6 Å². The highest BCUT2D eigenvalue weighted by molar-refractivity contribution is 6.31. The summed E-state index contributed by atoms with van der Waals surface area (Å²) >= 11 is 6.03. The van der Waals surface area contributed by atoms with E-state index in [0.717, 1.165) is 5.56 Å². The number of benzene rings is 2. The Balaban J connectivity index is 2.15. The number of phenolic OH excluding ortho intramolecular Hbond substituents is 1. The minimum Gasteiger partial charge on any atom is -0.508 e. The van der Waals surface area contributed by atoms with Gasteiger partial charge in [0.2, 0.25) is 0 Å². The summed E-state index contributed by atoms with van der Waals surface area (Å²) in [6, 6.07) is 12.5. The van der Waals surface area contributed by atoms with Gasteiger partial charge in [-0.2, -0.15) is 0 Å². The van der Waals surface area contributed by atoms with E-state index in [1.807, 2.05) is 18.2 Å². The van der Waals surface area contributed by atoms with E-state index in [0.29, 0.717) is 17.1 Å². The zero-order valence-corrected chi connectivity index (χ0v) is 11.3. The summed E-state index contributed by atoms with van der Waals surface area (Å²) in [5.74, 6) is -0.976. The van der Waals surface area contributed by atoms with Gasteiger partial charge < -0.3 is 10.2 Å². The van der Waals surface area contributed by atoms with Crippen molar-refractivity contribution < 1.29 is 15.0 Å². The predicted octanol–water partition coefficient (Wildman–Crippen LogP) is 2.96. The van der Waals surface area contributed by atoms with E-state index in [1.54, 1.807) is 18.2 Å². The molecule has 0 saturated heterocycles. The zero-order chi connectivity index (χ0) is 14.5. The Labute approximate surface area is 121 Å². The lowest BCUT2D eigenvalue weighted by Gasteiger charge is -2.15. The van der Waals surface area contributed by atoms with E-state index in [2.05, 4.69) is 5.32 Å². The van der Waals surface area contributed by atoms with Crippen molar-refractivity contribution in [1.29, 1.82) is 0 Å². The average molecular weight is 292 g/mol. The van der Waals surface area contributed by atoms with Crippen LogP contribution in [0, 0.1) is 0 Å². The van der Waals surface area contributed by atoms with Crippen LogP contribution in [-0.4, -0.2) is 16.2 Å². The van der Waals surface area contributed by atoms with Gasteiger partial charge in [-0.1, -0.05) is 41.9 Å². The molecule has 0 fully saturated rings. The minimum atomic E-state index is -1.01. The molecule has 0 saturated carbocycles. The molecule has 5 heteroatoms. The summed E-state index contributed by atoms with van der Waals surface area (Å²) < 4.78 is 0. The summed E-state index contributed by atoms with van der Waals surface area (Å²) in [4.78, 5) is 11.3. The standard InChI is InChI=1S/C15H14ClNO3/c16-13-7-2-1-4-11(13)9-17-14(15(19)20)10-5-3-6-12(18)8-10/h1-8,14,17-18H,9H2,(H,19,20). The first kappa shape index (κ1) is 14.4. The molecule has 0 amide bonds. The molecule has 0 spiro atoms. The number of hydrogen-bond acceptors (Lipinski definition) is 3. The van der Waals surface area contributed by atoms with Crippen LogP contribution in [0.3, 0.4) is 0 Å². The molecule has 3 N–H and O–H groups in total. The molecule has 0 radical (unpaired) electrons. The monoisotopic (exact) mass is 291 g/mol. The van der Waals surface area contributed by atoms with Crippen LogP contribution in [0.2, 0.25) is 5.02 Å². The van der Waals surface area contributed by atoms with Gasteiger partial charge in [-0.05, 0) is 29.3 Å². The smallest absolute Gasteiger partial charge is 0.325 e. The van der Waals surface area contributed by atoms with E-state index in [-0.39, 0.29) is 5.75 Å². The van der Waals surface area contributed by atoms with E-state index >= 15 is 0 Å². The van der Waals surface area contributed by atoms with Crippen LogP contribution < -0.4 is 5.32 Å². The lowest BCUT2D eigenvalue weighted by Crippen LogP contribution is -2.28. The predicted molar refractivity (Wildman–Crippen MR) is 76.8 cm³/mol. The van der Waals surface area contributed by atoms with Crippen LogP contribution in [0.15, 0.2) is 48.5 Å². The molecule has 1 unspecified atom stereocenters. The fraction of sp³-hybridized carbons (Fsp3) is 0.133. The second-order valence-electron chi connectivity index (χ2n) is 4.34. The number of rotatable bonds is 5. The van der Waals surface area contributed by atoms with Gasteiger partial charge in [0, 0.05) is 11.6 Å². The van der Waals surface area contributed by atoms with Gasteiger partial charge in [0.15, 0.2) is 0 Å². The van der Waals surface area contributed by atoms with Gasteiger partial charge in [0.05, 0.1) is 0 Å². The molecule has 1 atom stereocenters. The third kappa shape index (κ3) is 3.50. The second-order valence-corrected chi connectivity index (χ2v) is 4.75. The van der Waals surface area contributed by atoms with E-state index in [4.69, 9.17) is 11.6 Å². The number of phenols is 1. The van der Waals surface area contributed by atoms with Crippen molar-refractivity contribution in [2.75, 3.05) is 0 Å². The van der Waals surface area contributed by atoms with Crippen LogP contribution in [-0.2, 0) is 11.3 Å². The largest absolute Gasteiger partial charge is 0.508 e. The number of nitrogens with one attached hydrogen (secondary N) is 1. The van der Waals surface area contributed by atoms with Gasteiger partial charge >= 0.3 is 5.97 Å². The van der Waals surface area contributed by atoms with Crippen molar-refractivity contribution in [3.8, 4) is 5.75 Å². The Morgan fingerprint density at radius 3 is 2.60 bits per heavy atom. The van der Waals surface area contributed by atoms with E-state index in [9.17, 15) is 15.0 Å². The van der Waals surface area contributed by atoms with Crippen LogP contribution in [0.4, 0.5) is 0 Å². The van der Waals surface area contributed by atoms with Crippen molar-refractivity contribution in [3.63, 3.8) is 0 Å². The van der Waals surface area contributed by atoms with Gasteiger partial charge in [0.25, 0.3) is 0 Å². The average Bonchev–Trinajstić information content (AvgIpc) is 2.41. The van der Waals surface area contributed by atoms with Crippen LogP contribution >= 0.6 is 11.6 Å². The van der Waals surface area contributed by atoms with Crippen LogP contribution in [0.5, 0.6) is 5.75 Å². The molecule has 2 aromatic carbocycles. The van der Waals surface area contributed by atoms with Crippen LogP contribution in [0.1, 0.15) is 17.2 Å². The normalized spacial score (nSPS) is 12.1. The maximum absolute atomic E-state index is 11.3. The number of carboxylic acid groups (broad SMARTS) is 1. The highest BCUT2D eigenvalue weighted by Crippen LogP contribution is 2.20. The molecule has 0 aliphatic heterocycles. The Kier molecular flexibility index (Phi) is 4.61. The first-order valence-corrected chi connectivity index (χ1v) is 6.44. The SMILES string of the molecule is O=C(O)C(NCc1ccccc1Cl)c1cccc(O)c1. The Hall–Kier alpha value is -2.04. The van der Waals surface area contributed by atoms with Gasteiger partial charge in [-0.3, -0.25) is 10.1 Å². The Morgan fingerprint density at radius 2 is 1.95 bits per heavy atom. The third-order valence-corrected chi connectivity index (χ3v) is 3.27. The summed E-state index contributed by atoms with van der Waals surface area (Å²) in [6.07, 6.45) is 0.